The third-order valence-corrected chi connectivity index (χ3v) is 5.77. The molecule has 2 aromatic carbocycles. The molecule has 0 bridgehead atoms. The number of hydrogen-bond acceptors (Lipinski definition) is 5. The topological polar surface area (TPSA) is 53.9 Å². The molecular formula is C23H27N3O2S. The molecular weight excluding hydrogens is 382 g/mol. The molecule has 1 fully saturated rings. The maximum Gasteiger partial charge on any atom is 0.264 e. The maximum absolute atomic E-state index is 12.4. The number of thioether (sulfide) groups is 1. The number of hydrogen-bond donors (Lipinski definition) is 1. The van der Waals surface area contributed by atoms with Gasteiger partial charge in [0.1, 0.15) is 5.75 Å². The van der Waals surface area contributed by atoms with E-state index < -0.39 is 0 Å². The van der Waals surface area contributed by atoms with Crippen LogP contribution in [0.15, 0.2) is 52.4 Å². The number of nitrogens with zero attached hydrogens (tertiary/aromatic N) is 2. The van der Waals surface area contributed by atoms with Gasteiger partial charge in [0.15, 0.2) is 5.17 Å². The van der Waals surface area contributed by atoms with E-state index in [-0.39, 0.29) is 5.91 Å². The first kappa shape index (κ1) is 21.0. The van der Waals surface area contributed by atoms with E-state index in [1.807, 2.05) is 30.3 Å². The third-order valence-electron chi connectivity index (χ3n) is 4.86. The lowest BCUT2D eigenvalue weighted by atomic mass is 10.1. The molecule has 0 saturated carbocycles. The van der Waals surface area contributed by atoms with Gasteiger partial charge in [-0.25, -0.2) is 4.99 Å². The number of carbonyl (C=O) groups excluding carboxylic acids is 1. The number of ether oxygens (including phenoxy) is 1. The summed E-state index contributed by atoms with van der Waals surface area (Å²) in [6, 6.07) is 14.1. The van der Waals surface area contributed by atoms with E-state index in [9.17, 15) is 4.79 Å². The van der Waals surface area contributed by atoms with Crippen molar-refractivity contribution in [3.05, 3.63) is 58.5 Å². The summed E-state index contributed by atoms with van der Waals surface area (Å²) in [5.74, 6) is 0.602. The summed E-state index contributed by atoms with van der Waals surface area (Å²) < 4.78 is 5.57. The van der Waals surface area contributed by atoms with Crippen molar-refractivity contribution in [3.63, 3.8) is 0 Å². The second kappa shape index (κ2) is 9.65. The molecule has 0 unspecified atom stereocenters. The van der Waals surface area contributed by atoms with Crippen molar-refractivity contribution >= 4 is 40.3 Å². The molecule has 1 saturated heterocycles. The highest BCUT2D eigenvalue weighted by atomic mass is 32.2. The zero-order chi connectivity index (χ0) is 20.8. The molecule has 1 heterocycles. The van der Waals surface area contributed by atoms with Crippen LogP contribution in [0.2, 0.25) is 0 Å². The summed E-state index contributed by atoms with van der Waals surface area (Å²) in [6.07, 6.45) is 2.84. The maximum atomic E-state index is 12.4. The van der Waals surface area contributed by atoms with Gasteiger partial charge in [0.25, 0.3) is 5.91 Å². The van der Waals surface area contributed by atoms with Gasteiger partial charge in [0.2, 0.25) is 0 Å². The van der Waals surface area contributed by atoms with Gasteiger partial charge < -0.3 is 15.0 Å². The molecule has 0 atom stereocenters. The number of amidine groups is 1. The number of rotatable bonds is 7. The monoisotopic (exact) mass is 409 g/mol. The number of aryl methyl sites for hydroxylation is 1. The Kier molecular flexibility index (Phi) is 6.99. The van der Waals surface area contributed by atoms with E-state index in [0.717, 1.165) is 42.2 Å². The third kappa shape index (κ3) is 5.01. The van der Waals surface area contributed by atoms with Crippen molar-refractivity contribution in [2.24, 2.45) is 4.99 Å². The predicted octanol–water partition coefficient (Wildman–Crippen LogP) is 5.00. The summed E-state index contributed by atoms with van der Waals surface area (Å²) in [7, 11) is 1.65. The van der Waals surface area contributed by atoms with E-state index in [2.05, 4.69) is 54.2 Å². The number of aliphatic imine (C=N–C) groups is 1. The van der Waals surface area contributed by atoms with E-state index in [0.29, 0.717) is 10.1 Å². The minimum absolute atomic E-state index is 0.145. The van der Waals surface area contributed by atoms with Crippen LogP contribution in [0.25, 0.3) is 6.08 Å². The Morgan fingerprint density at radius 3 is 2.45 bits per heavy atom. The van der Waals surface area contributed by atoms with E-state index in [4.69, 9.17) is 4.74 Å². The van der Waals surface area contributed by atoms with Crippen LogP contribution in [0.1, 0.15) is 31.9 Å². The Morgan fingerprint density at radius 1 is 1.10 bits per heavy atom. The molecule has 0 spiro atoms. The number of anilines is 1. The number of amides is 1. The first-order valence-electron chi connectivity index (χ1n) is 9.89. The molecule has 2 aromatic rings. The van der Waals surface area contributed by atoms with Crippen molar-refractivity contribution in [1.29, 1.82) is 0 Å². The van der Waals surface area contributed by atoms with Gasteiger partial charge >= 0.3 is 0 Å². The first-order valence-corrected chi connectivity index (χ1v) is 10.7. The highest BCUT2D eigenvalue weighted by Gasteiger charge is 2.24. The van der Waals surface area contributed by atoms with Crippen LogP contribution in [0.4, 0.5) is 11.4 Å². The molecule has 6 heteroatoms. The molecule has 3 rings (SSSR count). The van der Waals surface area contributed by atoms with Gasteiger partial charge in [-0.05, 0) is 67.9 Å². The second-order valence-corrected chi connectivity index (χ2v) is 7.63. The van der Waals surface area contributed by atoms with Crippen LogP contribution in [-0.4, -0.2) is 31.3 Å². The van der Waals surface area contributed by atoms with Gasteiger partial charge in [-0.3, -0.25) is 4.79 Å². The quantitative estimate of drug-likeness (QED) is 0.654. The van der Waals surface area contributed by atoms with E-state index in [1.165, 1.54) is 17.3 Å². The summed E-state index contributed by atoms with van der Waals surface area (Å²) in [5, 5.41) is 3.43. The number of benzene rings is 2. The van der Waals surface area contributed by atoms with Crippen LogP contribution in [0, 0.1) is 0 Å². The zero-order valence-corrected chi connectivity index (χ0v) is 18.2. The molecule has 0 aliphatic carbocycles. The summed E-state index contributed by atoms with van der Waals surface area (Å²) in [6.45, 7) is 8.23. The summed E-state index contributed by atoms with van der Waals surface area (Å²) in [4.78, 5) is 19.8. The highest BCUT2D eigenvalue weighted by molar-refractivity contribution is 8.18. The van der Waals surface area contributed by atoms with Crippen molar-refractivity contribution < 1.29 is 9.53 Å². The van der Waals surface area contributed by atoms with E-state index >= 15 is 0 Å². The van der Waals surface area contributed by atoms with Crippen LogP contribution in [-0.2, 0) is 11.2 Å². The Hall–Kier alpha value is -2.73. The minimum Gasteiger partial charge on any atom is -0.496 e. The highest BCUT2D eigenvalue weighted by Crippen LogP contribution is 2.32. The normalized spacial score (nSPS) is 16.3. The number of nitrogens with one attached hydrogen (secondary N) is 1. The zero-order valence-electron chi connectivity index (χ0n) is 17.4. The van der Waals surface area contributed by atoms with Crippen molar-refractivity contribution in [1.82, 2.24) is 5.32 Å². The lowest BCUT2D eigenvalue weighted by molar-refractivity contribution is -0.115. The molecule has 0 aromatic heterocycles. The van der Waals surface area contributed by atoms with Crippen molar-refractivity contribution in [2.45, 2.75) is 27.2 Å². The fourth-order valence-corrected chi connectivity index (χ4v) is 3.98. The largest absolute Gasteiger partial charge is 0.496 e. The summed E-state index contributed by atoms with van der Waals surface area (Å²) >= 11 is 1.34. The van der Waals surface area contributed by atoms with Crippen molar-refractivity contribution in [2.75, 3.05) is 25.1 Å². The summed E-state index contributed by atoms with van der Waals surface area (Å²) in [5.41, 5.74) is 4.07. The molecule has 1 aliphatic heterocycles. The average molecular weight is 410 g/mol. The lowest BCUT2D eigenvalue weighted by Crippen LogP contribution is -2.21. The smallest absolute Gasteiger partial charge is 0.264 e. The van der Waals surface area contributed by atoms with Gasteiger partial charge in [0, 0.05) is 30.4 Å². The fourth-order valence-electron chi connectivity index (χ4n) is 3.15. The first-order chi connectivity index (χ1) is 14.1. The van der Waals surface area contributed by atoms with Gasteiger partial charge in [0.05, 0.1) is 17.7 Å². The van der Waals surface area contributed by atoms with Crippen LogP contribution in [0.3, 0.4) is 0 Å². The fraction of sp³-hybridized carbons (Fsp3) is 0.304. The second-order valence-electron chi connectivity index (χ2n) is 6.60. The molecule has 1 aliphatic rings. The number of methoxy groups -OCH3 is 1. The average Bonchev–Trinajstić information content (AvgIpc) is 3.09. The minimum atomic E-state index is -0.145. The Labute approximate surface area is 176 Å². The predicted molar refractivity (Wildman–Crippen MR) is 123 cm³/mol. The van der Waals surface area contributed by atoms with Crippen LogP contribution < -0.4 is 15.0 Å². The van der Waals surface area contributed by atoms with Crippen LogP contribution >= 0.6 is 11.8 Å². The van der Waals surface area contributed by atoms with Crippen molar-refractivity contribution in [3.8, 4) is 5.75 Å². The number of carbonyl (C=O) groups is 1. The van der Waals surface area contributed by atoms with E-state index in [1.54, 1.807) is 7.11 Å². The lowest BCUT2D eigenvalue weighted by Gasteiger charge is -2.22. The molecule has 1 amide bonds. The molecule has 5 nitrogen and oxygen atoms in total. The molecule has 1 N–H and O–H groups in total. The van der Waals surface area contributed by atoms with Crippen LogP contribution in [0.5, 0.6) is 5.75 Å². The Bertz CT molecular complexity index is 932. The Balaban J connectivity index is 1.83. The molecule has 0 radical (unpaired) electrons. The van der Waals surface area contributed by atoms with Gasteiger partial charge in [-0.2, -0.15) is 0 Å². The molecule has 29 heavy (non-hydrogen) atoms. The van der Waals surface area contributed by atoms with Gasteiger partial charge in [-0.15, -0.1) is 0 Å². The Morgan fingerprint density at radius 2 is 1.83 bits per heavy atom. The molecule has 152 valence electrons. The SMILES string of the molecule is CCc1ccc(N=C2NC(=O)/C(=C/c3ccc(N(CC)CC)cc3OC)S2)cc1. The van der Waals surface area contributed by atoms with Gasteiger partial charge in [-0.1, -0.05) is 19.1 Å². The standard InChI is InChI=1S/C23H27N3O2S/c1-5-16-8-11-18(12-9-16)24-23-25-22(27)21(29-23)14-17-10-13-19(15-20(17)28-4)26(6-2)7-3/h8-15H,5-7H2,1-4H3,(H,24,25,27)/b21-14-.